The molecule has 1 fully saturated rings. The number of amides is 2. The van der Waals surface area contributed by atoms with E-state index in [9.17, 15) is 14.4 Å². The summed E-state index contributed by atoms with van der Waals surface area (Å²) < 4.78 is 5.31. The Bertz CT molecular complexity index is 860. The summed E-state index contributed by atoms with van der Waals surface area (Å²) in [5, 5.41) is 6.06. The molecule has 1 N–H and O–H groups in total. The first-order chi connectivity index (χ1) is 13.1. The molecular formula is C19H22N4O4. The second kappa shape index (κ2) is 8.48. The molecule has 2 heterocycles. The number of hydrogen-bond acceptors (Lipinski definition) is 5. The Kier molecular flexibility index (Phi) is 5.85. The van der Waals surface area contributed by atoms with Crippen molar-refractivity contribution in [2.45, 2.75) is 12.8 Å². The van der Waals surface area contributed by atoms with Crippen molar-refractivity contribution in [1.29, 1.82) is 0 Å². The van der Waals surface area contributed by atoms with Crippen LogP contribution in [0.2, 0.25) is 0 Å². The number of H-pyrrole nitrogens is 1. The molecule has 0 radical (unpaired) electrons. The van der Waals surface area contributed by atoms with Gasteiger partial charge in [-0.1, -0.05) is 18.2 Å². The van der Waals surface area contributed by atoms with E-state index in [1.165, 1.54) is 12.1 Å². The third kappa shape index (κ3) is 4.52. The smallest absolute Gasteiger partial charge is 0.274 e. The minimum Gasteiger partial charge on any atom is -0.496 e. The Hall–Kier alpha value is -3.16. The van der Waals surface area contributed by atoms with E-state index < -0.39 is 0 Å². The fourth-order valence-corrected chi connectivity index (χ4v) is 3.12. The van der Waals surface area contributed by atoms with Crippen LogP contribution in [0.15, 0.2) is 41.2 Å². The van der Waals surface area contributed by atoms with Crippen LogP contribution in [0.4, 0.5) is 0 Å². The van der Waals surface area contributed by atoms with Crippen LogP contribution < -0.4 is 10.3 Å². The molecule has 0 saturated carbocycles. The van der Waals surface area contributed by atoms with Gasteiger partial charge in [0, 0.05) is 37.8 Å². The average Bonchev–Trinajstić information content (AvgIpc) is 2.95. The summed E-state index contributed by atoms with van der Waals surface area (Å²) in [5.74, 6) is 0.461. The number of carbonyl (C=O) groups is 2. The Morgan fingerprint density at radius 2 is 1.81 bits per heavy atom. The van der Waals surface area contributed by atoms with Gasteiger partial charge in [0.05, 0.1) is 13.5 Å². The van der Waals surface area contributed by atoms with Crippen LogP contribution in [0.5, 0.6) is 5.75 Å². The molecule has 0 spiro atoms. The van der Waals surface area contributed by atoms with Crippen LogP contribution >= 0.6 is 0 Å². The molecule has 8 nitrogen and oxygen atoms in total. The van der Waals surface area contributed by atoms with Gasteiger partial charge in [-0.2, -0.15) is 5.10 Å². The lowest BCUT2D eigenvalue weighted by atomic mass is 10.1. The molecule has 8 heteroatoms. The molecule has 1 aromatic heterocycles. The third-order valence-corrected chi connectivity index (χ3v) is 4.57. The lowest BCUT2D eigenvalue weighted by molar-refractivity contribution is -0.130. The standard InChI is InChI=1S/C19H22N4O4/c1-27-16-6-3-2-5-14(16)13-18(25)22-9-4-10-23(12-11-22)19(26)15-7-8-17(24)21-20-15/h2-3,5-8H,4,9-13H2,1H3,(H,21,24). The molecule has 0 aliphatic carbocycles. The van der Waals surface area contributed by atoms with Crippen LogP contribution in [-0.4, -0.2) is 65.1 Å². The van der Waals surface area contributed by atoms with E-state index in [-0.39, 0.29) is 29.5 Å². The predicted molar refractivity (Wildman–Crippen MR) is 98.7 cm³/mol. The van der Waals surface area contributed by atoms with E-state index in [2.05, 4.69) is 10.2 Å². The molecule has 3 rings (SSSR count). The molecule has 0 atom stereocenters. The number of carbonyl (C=O) groups excluding carboxylic acids is 2. The molecule has 2 aromatic rings. The molecule has 27 heavy (non-hydrogen) atoms. The third-order valence-electron chi connectivity index (χ3n) is 4.57. The summed E-state index contributed by atoms with van der Waals surface area (Å²) in [4.78, 5) is 39.8. The van der Waals surface area contributed by atoms with Gasteiger partial charge in [-0.15, -0.1) is 0 Å². The Morgan fingerprint density at radius 1 is 1.07 bits per heavy atom. The quantitative estimate of drug-likeness (QED) is 0.855. The number of nitrogens with zero attached hydrogens (tertiary/aromatic N) is 3. The number of aromatic nitrogens is 2. The highest BCUT2D eigenvalue weighted by atomic mass is 16.5. The van der Waals surface area contributed by atoms with Gasteiger partial charge >= 0.3 is 0 Å². The second-order valence-electron chi connectivity index (χ2n) is 6.32. The fourth-order valence-electron chi connectivity index (χ4n) is 3.12. The van der Waals surface area contributed by atoms with Gasteiger partial charge in [0.15, 0.2) is 0 Å². The molecule has 142 valence electrons. The topological polar surface area (TPSA) is 95.6 Å². The van der Waals surface area contributed by atoms with E-state index in [1.54, 1.807) is 16.9 Å². The van der Waals surface area contributed by atoms with Gasteiger partial charge in [0.1, 0.15) is 11.4 Å². The van der Waals surface area contributed by atoms with Crippen molar-refractivity contribution in [2.75, 3.05) is 33.3 Å². The van der Waals surface area contributed by atoms with Crippen LogP contribution in [0, 0.1) is 0 Å². The van der Waals surface area contributed by atoms with E-state index in [1.807, 2.05) is 24.3 Å². The fraction of sp³-hybridized carbons (Fsp3) is 0.368. The molecule has 1 aromatic carbocycles. The average molecular weight is 370 g/mol. The predicted octanol–water partition coefficient (Wildman–Crippen LogP) is 0.696. The van der Waals surface area contributed by atoms with E-state index in [0.717, 1.165) is 5.56 Å². The van der Waals surface area contributed by atoms with E-state index >= 15 is 0 Å². The summed E-state index contributed by atoms with van der Waals surface area (Å²) in [6.07, 6.45) is 0.951. The van der Waals surface area contributed by atoms with Crippen molar-refractivity contribution in [3.8, 4) is 5.75 Å². The molecule has 0 unspecified atom stereocenters. The molecule has 1 saturated heterocycles. The molecule has 2 amide bonds. The first-order valence-electron chi connectivity index (χ1n) is 8.83. The number of hydrogen-bond donors (Lipinski definition) is 1. The maximum absolute atomic E-state index is 12.7. The summed E-state index contributed by atoms with van der Waals surface area (Å²) in [7, 11) is 1.59. The van der Waals surface area contributed by atoms with Gasteiger partial charge in [-0.3, -0.25) is 14.4 Å². The maximum Gasteiger partial charge on any atom is 0.274 e. The van der Waals surface area contributed by atoms with Crippen molar-refractivity contribution in [3.05, 3.63) is 58.0 Å². The number of nitrogens with one attached hydrogen (secondary N) is 1. The van der Waals surface area contributed by atoms with Crippen molar-refractivity contribution in [1.82, 2.24) is 20.0 Å². The van der Waals surface area contributed by atoms with Crippen LogP contribution in [-0.2, 0) is 11.2 Å². The van der Waals surface area contributed by atoms with Crippen molar-refractivity contribution < 1.29 is 14.3 Å². The first kappa shape index (κ1) is 18.6. The number of para-hydroxylation sites is 1. The highest BCUT2D eigenvalue weighted by Crippen LogP contribution is 2.19. The number of methoxy groups -OCH3 is 1. The zero-order valence-electron chi connectivity index (χ0n) is 15.2. The summed E-state index contributed by atoms with van der Waals surface area (Å²) in [6.45, 7) is 2.02. The number of aromatic amines is 1. The van der Waals surface area contributed by atoms with Crippen LogP contribution in [0.1, 0.15) is 22.5 Å². The summed E-state index contributed by atoms with van der Waals surface area (Å²) in [6, 6.07) is 10.2. The van der Waals surface area contributed by atoms with Gasteiger partial charge in [-0.25, -0.2) is 5.10 Å². The lowest BCUT2D eigenvalue weighted by Gasteiger charge is -2.22. The van der Waals surface area contributed by atoms with Crippen molar-refractivity contribution in [3.63, 3.8) is 0 Å². The SMILES string of the molecule is COc1ccccc1CC(=O)N1CCCN(C(=O)c2ccc(=O)[nH]n2)CC1. The molecule has 1 aliphatic heterocycles. The molecule has 0 bridgehead atoms. The number of benzene rings is 1. The van der Waals surface area contributed by atoms with Crippen LogP contribution in [0.25, 0.3) is 0 Å². The van der Waals surface area contributed by atoms with Crippen molar-refractivity contribution >= 4 is 11.8 Å². The second-order valence-corrected chi connectivity index (χ2v) is 6.32. The number of ether oxygens (including phenoxy) is 1. The minimum absolute atomic E-state index is 0.0102. The molecular weight excluding hydrogens is 348 g/mol. The highest BCUT2D eigenvalue weighted by Gasteiger charge is 2.24. The van der Waals surface area contributed by atoms with Crippen LogP contribution in [0.3, 0.4) is 0 Å². The maximum atomic E-state index is 12.7. The van der Waals surface area contributed by atoms with E-state index in [0.29, 0.717) is 38.3 Å². The van der Waals surface area contributed by atoms with Gasteiger partial charge in [0.2, 0.25) is 5.91 Å². The minimum atomic E-state index is -0.351. The summed E-state index contributed by atoms with van der Waals surface area (Å²) >= 11 is 0. The largest absolute Gasteiger partial charge is 0.496 e. The lowest BCUT2D eigenvalue weighted by Crippen LogP contribution is -2.38. The Morgan fingerprint density at radius 3 is 2.56 bits per heavy atom. The number of rotatable bonds is 4. The summed E-state index contributed by atoms with van der Waals surface area (Å²) in [5.41, 5.74) is 0.693. The normalized spacial score (nSPS) is 14.6. The molecule has 1 aliphatic rings. The van der Waals surface area contributed by atoms with Gasteiger partial charge in [0.25, 0.3) is 11.5 Å². The zero-order chi connectivity index (χ0) is 19.2. The Labute approximate surface area is 156 Å². The monoisotopic (exact) mass is 370 g/mol. The van der Waals surface area contributed by atoms with E-state index in [4.69, 9.17) is 4.74 Å². The van der Waals surface area contributed by atoms with Gasteiger partial charge < -0.3 is 14.5 Å². The first-order valence-corrected chi connectivity index (χ1v) is 8.83. The zero-order valence-corrected chi connectivity index (χ0v) is 15.2. The Balaban J connectivity index is 1.62. The van der Waals surface area contributed by atoms with Gasteiger partial charge in [-0.05, 0) is 18.6 Å². The highest BCUT2D eigenvalue weighted by molar-refractivity contribution is 5.92. The van der Waals surface area contributed by atoms with Crippen molar-refractivity contribution in [2.24, 2.45) is 0 Å².